The first kappa shape index (κ1) is 15.3. The van der Waals surface area contributed by atoms with E-state index in [4.69, 9.17) is 0 Å². The van der Waals surface area contributed by atoms with Crippen molar-refractivity contribution in [1.82, 2.24) is 20.2 Å². The van der Waals surface area contributed by atoms with Gasteiger partial charge in [-0.15, -0.1) is 5.10 Å². The van der Waals surface area contributed by atoms with Crippen molar-refractivity contribution in [3.63, 3.8) is 0 Å². The van der Waals surface area contributed by atoms with Crippen LogP contribution in [0.4, 0.5) is 11.4 Å². The average Bonchev–Trinajstić information content (AvgIpc) is 3.12. The highest BCUT2D eigenvalue weighted by atomic mass is 16.1. The summed E-state index contributed by atoms with van der Waals surface area (Å²) in [5.74, 6) is 0.777. The molecule has 126 valence electrons. The van der Waals surface area contributed by atoms with Crippen LogP contribution in [0, 0.1) is 0 Å². The smallest absolute Gasteiger partial charge is 0.224 e. The van der Waals surface area contributed by atoms with Gasteiger partial charge in [-0.25, -0.2) is 0 Å². The number of benzene rings is 2. The zero-order chi connectivity index (χ0) is 17.2. The number of rotatable bonds is 4. The molecule has 2 aromatic carbocycles. The van der Waals surface area contributed by atoms with Gasteiger partial charge in [-0.2, -0.15) is 4.68 Å². The second-order valence-corrected chi connectivity index (χ2v) is 6.07. The Balaban J connectivity index is 1.57. The maximum absolute atomic E-state index is 11.6. The summed E-state index contributed by atoms with van der Waals surface area (Å²) in [4.78, 5) is 11.6. The van der Waals surface area contributed by atoms with Crippen LogP contribution in [0.1, 0.15) is 30.8 Å². The molecule has 0 aliphatic carbocycles. The fourth-order valence-electron chi connectivity index (χ4n) is 2.99. The molecule has 0 radical (unpaired) electrons. The minimum atomic E-state index is -0.104. The van der Waals surface area contributed by atoms with Gasteiger partial charge in [-0.05, 0) is 53.6 Å². The first-order chi connectivity index (χ1) is 12.2. The van der Waals surface area contributed by atoms with Crippen molar-refractivity contribution in [1.29, 1.82) is 0 Å². The van der Waals surface area contributed by atoms with Crippen molar-refractivity contribution in [3.05, 3.63) is 59.9 Å². The summed E-state index contributed by atoms with van der Waals surface area (Å²) in [5.41, 5.74) is 3.85. The number of carbonyl (C=O) groups excluding carboxylic acids is 1. The topological polar surface area (TPSA) is 84.7 Å². The van der Waals surface area contributed by atoms with Gasteiger partial charge in [0.25, 0.3) is 0 Å². The van der Waals surface area contributed by atoms with E-state index >= 15 is 0 Å². The molecular weight excluding hydrogens is 316 g/mol. The Morgan fingerprint density at radius 1 is 1.16 bits per heavy atom. The number of carbonyl (C=O) groups is 1. The lowest BCUT2D eigenvalue weighted by Crippen LogP contribution is -2.19. The van der Waals surface area contributed by atoms with E-state index in [9.17, 15) is 4.79 Å². The van der Waals surface area contributed by atoms with Crippen LogP contribution in [0.5, 0.6) is 0 Å². The summed E-state index contributed by atoms with van der Waals surface area (Å²) in [6.07, 6.45) is 1.32. The van der Waals surface area contributed by atoms with E-state index < -0.39 is 0 Å². The summed E-state index contributed by atoms with van der Waals surface area (Å²) >= 11 is 0. The van der Waals surface area contributed by atoms with Crippen molar-refractivity contribution in [2.24, 2.45) is 0 Å². The van der Waals surface area contributed by atoms with E-state index in [1.165, 1.54) is 0 Å². The van der Waals surface area contributed by atoms with Crippen molar-refractivity contribution >= 4 is 17.3 Å². The molecule has 3 aromatic rings. The van der Waals surface area contributed by atoms with Crippen LogP contribution >= 0.6 is 0 Å². The number of fused-ring (bicyclic) bond motifs is 1. The molecule has 0 bridgehead atoms. The third-order valence-corrected chi connectivity index (χ3v) is 4.27. The number of aryl methyl sites for hydroxylation is 1. The number of aromatic nitrogens is 4. The lowest BCUT2D eigenvalue weighted by atomic mass is 10.0. The first-order valence-corrected chi connectivity index (χ1v) is 8.24. The fraction of sp³-hybridized carbons (Fsp3) is 0.222. The van der Waals surface area contributed by atoms with Crippen LogP contribution in [0.3, 0.4) is 0 Å². The molecular formula is C18H18N6O. The molecule has 2 N–H and O–H groups in total. The number of hydrogen-bond donors (Lipinski definition) is 2. The van der Waals surface area contributed by atoms with Crippen molar-refractivity contribution in [2.75, 3.05) is 10.6 Å². The van der Waals surface area contributed by atoms with E-state index in [-0.39, 0.29) is 11.9 Å². The normalized spacial score (nSPS) is 14.5. The summed E-state index contributed by atoms with van der Waals surface area (Å²) in [7, 11) is 0. The monoisotopic (exact) mass is 334 g/mol. The van der Waals surface area contributed by atoms with E-state index in [0.717, 1.165) is 29.0 Å². The molecule has 2 heterocycles. The van der Waals surface area contributed by atoms with Gasteiger partial charge in [0.2, 0.25) is 5.91 Å². The molecule has 0 fully saturated rings. The van der Waals surface area contributed by atoms with Crippen LogP contribution in [-0.4, -0.2) is 26.1 Å². The lowest BCUT2D eigenvalue weighted by Gasteiger charge is -2.20. The van der Waals surface area contributed by atoms with Gasteiger partial charge in [-0.3, -0.25) is 4.79 Å². The SMILES string of the molecule is C[C@H](Nc1ccc2c(c1)NC(=O)CC2)c1nnnn1-c1ccccc1. The minimum absolute atomic E-state index is 0.0609. The van der Waals surface area contributed by atoms with E-state index in [0.29, 0.717) is 12.2 Å². The zero-order valence-electron chi connectivity index (χ0n) is 13.8. The molecule has 1 aliphatic rings. The minimum Gasteiger partial charge on any atom is -0.375 e. The third kappa shape index (κ3) is 3.08. The highest BCUT2D eigenvalue weighted by Gasteiger charge is 2.18. The number of nitrogens with one attached hydrogen (secondary N) is 2. The highest BCUT2D eigenvalue weighted by Crippen LogP contribution is 2.28. The molecule has 7 heteroatoms. The van der Waals surface area contributed by atoms with E-state index in [2.05, 4.69) is 26.2 Å². The molecule has 0 spiro atoms. The molecule has 7 nitrogen and oxygen atoms in total. The maximum Gasteiger partial charge on any atom is 0.224 e. The van der Waals surface area contributed by atoms with Crippen LogP contribution in [0.25, 0.3) is 5.69 Å². The summed E-state index contributed by atoms with van der Waals surface area (Å²) < 4.78 is 1.72. The average molecular weight is 334 g/mol. The predicted molar refractivity (Wildman–Crippen MR) is 94.6 cm³/mol. The number of tetrazole rings is 1. The predicted octanol–water partition coefficient (Wildman–Crippen LogP) is 2.72. The first-order valence-electron chi connectivity index (χ1n) is 8.24. The standard InChI is InChI=1S/C18H18N6O/c1-12(18-21-22-23-24(18)15-5-3-2-4-6-15)19-14-9-7-13-8-10-17(25)20-16(13)11-14/h2-7,9,11-12,19H,8,10H2,1H3,(H,20,25)/t12-/m0/s1. The Bertz CT molecular complexity index is 905. The molecule has 1 aromatic heterocycles. The second kappa shape index (κ2) is 6.35. The van der Waals surface area contributed by atoms with Crippen LogP contribution in [0.15, 0.2) is 48.5 Å². The summed E-state index contributed by atoms with van der Waals surface area (Å²) in [5, 5.41) is 18.4. The van der Waals surface area contributed by atoms with Gasteiger partial charge >= 0.3 is 0 Å². The van der Waals surface area contributed by atoms with Crippen molar-refractivity contribution in [3.8, 4) is 5.69 Å². The van der Waals surface area contributed by atoms with Crippen LogP contribution in [-0.2, 0) is 11.2 Å². The fourth-order valence-corrected chi connectivity index (χ4v) is 2.99. The van der Waals surface area contributed by atoms with Gasteiger partial charge in [-0.1, -0.05) is 24.3 Å². The Hall–Kier alpha value is -3.22. The molecule has 1 aliphatic heterocycles. The van der Waals surface area contributed by atoms with Crippen LogP contribution < -0.4 is 10.6 Å². The van der Waals surface area contributed by atoms with Gasteiger partial charge < -0.3 is 10.6 Å². The molecule has 25 heavy (non-hydrogen) atoms. The molecule has 4 rings (SSSR count). The molecule has 1 atom stereocenters. The quantitative estimate of drug-likeness (QED) is 0.766. The van der Waals surface area contributed by atoms with Gasteiger partial charge in [0.1, 0.15) is 0 Å². The Labute approximate surface area is 145 Å². The Morgan fingerprint density at radius 3 is 2.84 bits per heavy atom. The third-order valence-electron chi connectivity index (χ3n) is 4.27. The number of anilines is 2. The maximum atomic E-state index is 11.6. The number of hydrogen-bond acceptors (Lipinski definition) is 5. The van der Waals surface area contributed by atoms with Crippen LogP contribution in [0.2, 0.25) is 0 Å². The number of para-hydroxylation sites is 1. The van der Waals surface area contributed by atoms with Crippen molar-refractivity contribution < 1.29 is 4.79 Å². The second-order valence-electron chi connectivity index (χ2n) is 6.07. The Morgan fingerprint density at radius 2 is 2.00 bits per heavy atom. The largest absolute Gasteiger partial charge is 0.375 e. The van der Waals surface area contributed by atoms with Crippen molar-refractivity contribution in [2.45, 2.75) is 25.8 Å². The van der Waals surface area contributed by atoms with Gasteiger partial charge in [0.15, 0.2) is 5.82 Å². The molecule has 1 amide bonds. The molecule has 0 saturated carbocycles. The van der Waals surface area contributed by atoms with E-state index in [1.54, 1.807) is 4.68 Å². The highest BCUT2D eigenvalue weighted by molar-refractivity contribution is 5.94. The number of nitrogens with zero attached hydrogens (tertiary/aromatic N) is 4. The van der Waals surface area contributed by atoms with E-state index in [1.807, 2.05) is 55.5 Å². The zero-order valence-corrected chi connectivity index (χ0v) is 13.8. The summed E-state index contributed by atoms with van der Waals surface area (Å²) in [6.45, 7) is 2.00. The number of amides is 1. The lowest BCUT2D eigenvalue weighted by molar-refractivity contribution is -0.116. The molecule has 0 saturated heterocycles. The molecule has 0 unspecified atom stereocenters. The summed E-state index contributed by atoms with van der Waals surface area (Å²) in [6, 6.07) is 15.7. The van der Waals surface area contributed by atoms with Gasteiger partial charge in [0, 0.05) is 17.8 Å². The Kier molecular flexibility index (Phi) is 3.89. The van der Waals surface area contributed by atoms with Gasteiger partial charge in [0.05, 0.1) is 11.7 Å².